The molecule has 0 atom stereocenters. The summed E-state index contributed by atoms with van der Waals surface area (Å²) in [5, 5.41) is 9.87. The van der Waals surface area contributed by atoms with Gasteiger partial charge in [0.15, 0.2) is 5.96 Å². The van der Waals surface area contributed by atoms with Gasteiger partial charge in [0.05, 0.1) is 17.3 Å². The molecule has 0 amide bonds. The van der Waals surface area contributed by atoms with Crippen molar-refractivity contribution in [2.75, 3.05) is 20.2 Å². The van der Waals surface area contributed by atoms with Crippen LogP contribution < -0.4 is 15.4 Å². The van der Waals surface area contributed by atoms with E-state index < -0.39 is 0 Å². The maximum Gasteiger partial charge on any atom is 0.191 e. The Morgan fingerprint density at radius 3 is 2.79 bits per heavy atom. The molecule has 0 fully saturated rings. The molecule has 1 aromatic carbocycles. The second kappa shape index (κ2) is 9.27. The average molecular weight is 347 g/mol. The molecule has 6 heteroatoms. The minimum absolute atomic E-state index is 0.663. The molecule has 24 heavy (non-hydrogen) atoms. The predicted octanol–water partition coefficient (Wildman–Crippen LogP) is 3.07. The number of hydrogen-bond donors (Lipinski definition) is 2. The van der Waals surface area contributed by atoms with Crippen LogP contribution in [0.25, 0.3) is 0 Å². The molecule has 2 N–H and O–H groups in total. The lowest BCUT2D eigenvalue weighted by molar-refractivity contribution is 0.336. The highest BCUT2D eigenvalue weighted by atomic mass is 32.1. The van der Waals surface area contributed by atoms with Gasteiger partial charge in [0.25, 0.3) is 0 Å². The highest BCUT2D eigenvalue weighted by Crippen LogP contribution is 2.20. The summed E-state index contributed by atoms with van der Waals surface area (Å²) in [6.45, 7) is 8.23. The molecule has 0 unspecified atom stereocenters. The summed E-state index contributed by atoms with van der Waals surface area (Å²) in [5.74, 6) is 1.71. The zero-order valence-electron chi connectivity index (χ0n) is 14.8. The van der Waals surface area contributed by atoms with E-state index >= 15 is 0 Å². The van der Waals surface area contributed by atoms with Crippen LogP contribution in [0.2, 0.25) is 0 Å². The lowest BCUT2D eigenvalue weighted by atomic mass is 10.1. The molecule has 0 aliphatic rings. The maximum absolute atomic E-state index is 5.72. The average Bonchev–Trinajstić information content (AvgIpc) is 2.98. The van der Waals surface area contributed by atoms with Gasteiger partial charge >= 0.3 is 0 Å². The van der Waals surface area contributed by atoms with Crippen molar-refractivity contribution in [2.24, 2.45) is 4.99 Å². The summed E-state index contributed by atoms with van der Waals surface area (Å²) in [7, 11) is 1.78. The van der Waals surface area contributed by atoms with Gasteiger partial charge < -0.3 is 15.4 Å². The van der Waals surface area contributed by atoms with Crippen molar-refractivity contribution in [2.45, 2.75) is 33.7 Å². The molecule has 130 valence electrons. The van der Waals surface area contributed by atoms with E-state index in [4.69, 9.17) is 4.74 Å². The van der Waals surface area contributed by atoms with E-state index in [1.165, 1.54) is 5.56 Å². The Balaban J connectivity index is 1.85. The maximum atomic E-state index is 5.72. The van der Waals surface area contributed by atoms with E-state index in [9.17, 15) is 0 Å². The van der Waals surface area contributed by atoms with Gasteiger partial charge in [-0.3, -0.25) is 4.99 Å². The number of hydrogen-bond acceptors (Lipinski definition) is 4. The summed E-state index contributed by atoms with van der Waals surface area (Å²) in [4.78, 5) is 8.74. The third-order valence-corrected chi connectivity index (χ3v) is 4.35. The Kier molecular flexibility index (Phi) is 7.06. The summed E-state index contributed by atoms with van der Waals surface area (Å²) in [6, 6.07) is 6.26. The molecule has 0 aliphatic heterocycles. The molecule has 0 saturated heterocycles. The van der Waals surface area contributed by atoms with Gasteiger partial charge in [-0.1, -0.05) is 12.1 Å². The number of guanidine groups is 1. The molecule has 0 radical (unpaired) electrons. The summed E-state index contributed by atoms with van der Waals surface area (Å²) in [5.41, 5.74) is 3.45. The van der Waals surface area contributed by atoms with E-state index in [1.807, 2.05) is 13.8 Å². The van der Waals surface area contributed by atoms with E-state index in [-0.39, 0.29) is 0 Å². The Bertz CT molecular complexity index is 681. The number of rotatable bonds is 7. The first-order valence-corrected chi connectivity index (χ1v) is 9.08. The van der Waals surface area contributed by atoms with Crippen molar-refractivity contribution in [1.29, 1.82) is 0 Å². The standard InChI is InChI=1S/C18H26N4OS/c1-5-23-17-10-13(2)6-7-15(17)11-21-18(19-4)20-9-8-16-12-24-14(3)22-16/h6-7,10,12H,5,8-9,11H2,1-4H3,(H2,19,20,21). The van der Waals surface area contributed by atoms with Crippen LogP contribution in [-0.4, -0.2) is 31.1 Å². The zero-order valence-corrected chi connectivity index (χ0v) is 15.7. The predicted molar refractivity (Wildman–Crippen MR) is 101 cm³/mol. The van der Waals surface area contributed by atoms with Crippen molar-refractivity contribution in [1.82, 2.24) is 15.6 Å². The summed E-state index contributed by atoms with van der Waals surface area (Å²) in [6.07, 6.45) is 0.889. The number of aryl methyl sites for hydroxylation is 2. The fraction of sp³-hybridized carbons (Fsp3) is 0.444. The molecule has 5 nitrogen and oxygen atoms in total. The molecule has 0 spiro atoms. The first-order valence-electron chi connectivity index (χ1n) is 8.20. The van der Waals surface area contributed by atoms with Crippen molar-refractivity contribution >= 4 is 17.3 Å². The van der Waals surface area contributed by atoms with Crippen molar-refractivity contribution in [3.63, 3.8) is 0 Å². The van der Waals surface area contributed by atoms with E-state index in [0.29, 0.717) is 13.2 Å². The monoisotopic (exact) mass is 346 g/mol. The molecule has 1 heterocycles. The molecule has 0 aliphatic carbocycles. The van der Waals surface area contributed by atoms with E-state index in [1.54, 1.807) is 18.4 Å². The largest absolute Gasteiger partial charge is 0.494 e. The topological polar surface area (TPSA) is 58.5 Å². The highest BCUT2D eigenvalue weighted by molar-refractivity contribution is 7.09. The highest BCUT2D eigenvalue weighted by Gasteiger charge is 2.06. The SMILES string of the molecule is CCOc1cc(C)ccc1CNC(=NC)NCCc1csc(C)n1. The molecule has 2 aromatic rings. The quantitative estimate of drug-likeness (QED) is 0.597. The number of aliphatic imine (C=N–C) groups is 1. The van der Waals surface area contributed by atoms with Gasteiger partial charge in [0.2, 0.25) is 0 Å². The van der Waals surface area contributed by atoms with Crippen LogP contribution in [0.3, 0.4) is 0 Å². The number of ether oxygens (including phenoxy) is 1. The lowest BCUT2D eigenvalue weighted by Crippen LogP contribution is -2.38. The Hall–Kier alpha value is -2.08. The van der Waals surface area contributed by atoms with Crippen LogP contribution in [0.5, 0.6) is 5.75 Å². The molecule has 1 aromatic heterocycles. The van der Waals surface area contributed by atoms with Crippen LogP contribution in [-0.2, 0) is 13.0 Å². The third-order valence-electron chi connectivity index (χ3n) is 3.53. The molecule has 2 rings (SSSR count). The minimum atomic E-state index is 0.663. The number of thiazole rings is 1. The number of benzene rings is 1. The number of nitrogens with zero attached hydrogens (tertiary/aromatic N) is 2. The molecule has 0 bridgehead atoms. The van der Waals surface area contributed by atoms with Gasteiger partial charge in [-0.15, -0.1) is 11.3 Å². The Labute approximate surface area is 148 Å². The van der Waals surface area contributed by atoms with Gasteiger partial charge in [-0.25, -0.2) is 4.98 Å². The summed E-state index contributed by atoms with van der Waals surface area (Å²) < 4.78 is 5.72. The Morgan fingerprint density at radius 1 is 1.29 bits per heavy atom. The van der Waals surface area contributed by atoms with Crippen LogP contribution in [0.15, 0.2) is 28.6 Å². The van der Waals surface area contributed by atoms with Crippen LogP contribution in [0, 0.1) is 13.8 Å². The first-order chi connectivity index (χ1) is 11.6. The minimum Gasteiger partial charge on any atom is -0.494 e. The van der Waals surface area contributed by atoms with Gasteiger partial charge in [-0.2, -0.15) is 0 Å². The second-order valence-corrected chi connectivity index (χ2v) is 6.57. The number of nitrogens with one attached hydrogen (secondary N) is 2. The Morgan fingerprint density at radius 2 is 2.12 bits per heavy atom. The van der Waals surface area contributed by atoms with Crippen LogP contribution >= 0.6 is 11.3 Å². The van der Waals surface area contributed by atoms with Crippen molar-refractivity contribution in [3.05, 3.63) is 45.4 Å². The molecular weight excluding hydrogens is 320 g/mol. The second-order valence-electron chi connectivity index (χ2n) is 5.50. The fourth-order valence-electron chi connectivity index (χ4n) is 2.33. The van der Waals surface area contributed by atoms with Gasteiger partial charge in [0, 0.05) is 37.5 Å². The van der Waals surface area contributed by atoms with Crippen molar-refractivity contribution in [3.8, 4) is 5.75 Å². The molecule has 0 saturated carbocycles. The zero-order chi connectivity index (χ0) is 17.4. The third kappa shape index (κ3) is 5.53. The summed E-state index contributed by atoms with van der Waals surface area (Å²) >= 11 is 1.69. The number of aromatic nitrogens is 1. The smallest absolute Gasteiger partial charge is 0.191 e. The van der Waals surface area contributed by atoms with Crippen LogP contribution in [0.4, 0.5) is 0 Å². The normalized spacial score (nSPS) is 11.4. The lowest BCUT2D eigenvalue weighted by Gasteiger charge is -2.14. The van der Waals surface area contributed by atoms with Gasteiger partial charge in [0.1, 0.15) is 5.75 Å². The van der Waals surface area contributed by atoms with Gasteiger partial charge in [-0.05, 0) is 32.4 Å². The van der Waals surface area contributed by atoms with E-state index in [2.05, 4.69) is 51.1 Å². The van der Waals surface area contributed by atoms with E-state index in [0.717, 1.165) is 40.9 Å². The van der Waals surface area contributed by atoms with Crippen LogP contribution in [0.1, 0.15) is 28.8 Å². The first kappa shape index (κ1) is 18.3. The van der Waals surface area contributed by atoms with Crippen molar-refractivity contribution < 1.29 is 4.74 Å². The molecular formula is C18H26N4OS. The fourth-order valence-corrected chi connectivity index (χ4v) is 2.98.